The van der Waals surface area contributed by atoms with E-state index in [0.29, 0.717) is 21.9 Å². The number of carbonyl (C=O) groups excluding carboxylic acids is 2. The van der Waals surface area contributed by atoms with Crippen molar-refractivity contribution in [3.8, 4) is 11.5 Å². The van der Waals surface area contributed by atoms with Crippen molar-refractivity contribution >= 4 is 28.2 Å². The number of nitrogens with one attached hydrogen (secondary N) is 1. The van der Waals surface area contributed by atoms with E-state index in [1.165, 1.54) is 12.5 Å². The lowest BCUT2D eigenvalue weighted by atomic mass is 10.1. The summed E-state index contributed by atoms with van der Waals surface area (Å²) < 4.78 is 10.6. The van der Waals surface area contributed by atoms with Gasteiger partial charge in [-0.3, -0.25) is 19.9 Å². The Hall–Kier alpha value is -3.52. The standard InChI is InChI=1S/C19H13N3O4S/c1-11-7-10-26-16(11)18(24)22-19-21-14(13-6-4-9-25-13)17(27-19)15(23)12-5-2-3-8-20-12/h2-10H,1H3,(H,21,22,24). The van der Waals surface area contributed by atoms with Gasteiger partial charge in [0.2, 0.25) is 5.78 Å². The normalized spacial score (nSPS) is 10.7. The molecule has 4 rings (SSSR count). The number of hydrogen-bond acceptors (Lipinski definition) is 7. The summed E-state index contributed by atoms with van der Waals surface area (Å²) in [5, 5.41) is 2.94. The van der Waals surface area contributed by atoms with E-state index in [2.05, 4.69) is 15.3 Å². The summed E-state index contributed by atoms with van der Waals surface area (Å²) in [6.07, 6.45) is 4.48. The molecule has 0 fully saturated rings. The number of rotatable bonds is 5. The topological polar surface area (TPSA) is 98.2 Å². The zero-order valence-corrected chi connectivity index (χ0v) is 14.9. The Morgan fingerprint density at radius 1 is 1.07 bits per heavy atom. The second-order valence-corrected chi connectivity index (χ2v) is 6.60. The predicted octanol–water partition coefficient (Wildman–Crippen LogP) is 4.18. The van der Waals surface area contributed by atoms with E-state index in [-0.39, 0.29) is 22.4 Å². The molecule has 4 heterocycles. The van der Waals surface area contributed by atoms with Crippen molar-refractivity contribution in [1.29, 1.82) is 0 Å². The summed E-state index contributed by atoms with van der Waals surface area (Å²) in [6, 6.07) is 10.2. The Morgan fingerprint density at radius 2 is 1.96 bits per heavy atom. The number of anilines is 1. The number of nitrogens with zero attached hydrogens (tertiary/aromatic N) is 2. The van der Waals surface area contributed by atoms with Gasteiger partial charge in [-0.05, 0) is 37.3 Å². The Balaban J connectivity index is 1.71. The zero-order valence-electron chi connectivity index (χ0n) is 14.1. The van der Waals surface area contributed by atoms with E-state index < -0.39 is 5.91 Å². The van der Waals surface area contributed by atoms with E-state index in [0.717, 1.165) is 11.3 Å². The third kappa shape index (κ3) is 3.30. The van der Waals surface area contributed by atoms with Gasteiger partial charge in [0.25, 0.3) is 5.91 Å². The third-order valence-electron chi connectivity index (χ3n) is 3.77. The van der Waals surface area contributed by atoms with Crippen LogP contribution in [0.1, 0.15) is 31.5 Å². The second kappa shape index (κ2) is 7.00. The molecule has 1 N–H and O–H groups in total. The van der Waals surface area contributed by atoms with E-state index in [1.54, 1.807) is 49.5 Å². The fourth-order valence-corrected chi connectivity index (χ4v) is 3.39. The largest absolute Gasteiger partial charge is 0.463 e. The lowest BCUT2D eigenvalue weighted by molar-refractivity contribution is 0.0994. The van der Waals surface area contributed by atoms with Crippen LogP contribution < -0.4 is 5.32 Å². The van der Waals surface area contributed by atoms with Crippen molar-refractivity contribution in [2.75, 3.05) is 5.32 Å². The summed E-state index contributed by atoms with van der Waals surface area (Å²) >= 11 is 1.06. The van der Waals surface area contributed by atoms with E-state index in [9.17, 15) is 9.59 Å². The molecule has 27 heavy (non-hydrogen) atoms. The number of pyridine rings is 1. The first-order valence-electron chi connectivity index (χ1n) is 7.99. The van der Waals surface area contributed by atoms with Crippen LogP contribution in [0, 0.1) is 6.92 Å². The first kappa shape index (κ1) is 16.9. The molecule has 0 bridgehead atoms. The van der Waals surface area contributed by atoms with Crippen molar-refractivity contribution in [1.82, 2.24) is 9.97 Å². The molecule has 4 aromatic rings. The maximum Gasteiger partial charge on any atom is 0.293 e. The summed E-state index contributed by atoms with van der Waals surface area (Å²) in [5.41, 5.74) is 1.35. The summed E-state index contributed by atoms with van der Waals surface area (Å²) in [6.45, 7) is 1.77. The lowest BCUT2D eigenvalue weighted by Gasteiger charge is -1.99. The number of aryl methyl sites for hydroxylation is 1. The summed E-state index contributed by atoms with van der Waals surface area (Å²) in [4.78, 5) is 34.1. The van der Waals surface area contributed by atoms with Crippen LogP contribution >= 0.6 is 11.3 Å². The highest BCUT2D eigenvalue weighted by Gasteiger charge is 2.24. The average molecular weight is 379 g/mol. The van der Waals surface area contributed by atoms with Crippen LogP contribution in [-0.4, -0.2) is 21.7 Å². The van der Waals surface area contributed by atoms with Crippen LogP contribution in [0.4, 0.5) is 5.13 Å². The third-order valence-corrected chi connectivity index (χ3v) is 4.74. The van der Waals surface area contributed by atoms with E-state index >= 15 is 0 Å². The van der Waals surface area contributed by atoms with Gasteiger partial charge in [0, 0.05) is 11.8 Å². The van der Waals surface area contributed by atoms with Crippen molar-refractivity contribution < 1.29 is 18.4 Å². The van der Waals surface area contributed by atoms with E-state index in [1.807, 2.05) is 0 Å². The number of ketones is 1. The smallest absolute Gasteiger partial charge is 0.293 e. The predicted molar refractivity (Wildman–Crippen MR) is 98.9 cm³/mol. The van der Waals surface area contributed by atoms with Crippen molar-refractivity contribution in [3.63, 3.8) is 0 Å². The van der Waals surface area contributed by atoms with E-state index in [4.69, 9.17) is 8.83 Å². The summed E-state index contributed by atoms with van der Waals surface area (Å²) in [5.74, 6) is -0.106. The van der Waals surface area contributed by atoms with Crippen molar-refractivity contribution in [3.05, 3.63) is 77.0 Å². The molecule has 0 unspecified atom stereocenters. The van der Waals surface area contributed by atoms with Gasteiger partial charge in [-0.15, -0.1) is 0 Å². The molecule has 0 radical (unpaired) electrons. The van der Waals surface area contributed by atoms with Gasteiger partial charge in [0.15, 0.2) is 16.7 Å². The van der Waals surface area contributed by atoms with Gasteiger partial charge in [-0.25, -0.2) is 4.98 Å². The molecule has 0 saturated carbocycles. The maximum absolute atomic E-state index is 12.9. The minimum absolute atomic E-state index is 0.197. The molecular formula is C19H13N3O4S. The van der Waals surface area contributed by atoms with Crippen LogP contribution in [0.5, 0.6) is 0 Å². The fourth-order valence-electron chi connectivity index (χ4n) is 2.48. The van der Waals surface area contributed by atoms with Gasteiger partial charge in [0.05, 0.1) is 12.5 Å². The zero-order chi connectivity index (χ0) is 18.8. The number of aromatic nitrogens is 2. The molecule has 0 aromatic carbocycles. The number of amides is 1. The van der Waals surface area contributed by atoms with Crippen LogP contribution in [-0.2, 0) is 0 Å². The molecule has 4 aromatic heterocycles. The Bertz CT molecular complexity index is 1100. The van der Waals surface area contributed by atoms with Gasteiger partial charge in [-0.2, -0.15) is 0 Å². The number of thiazole rings is 1. The highest BCUT2D eigenvalue weighted by Crippen LogP contribution is 2.33. The maximum atomic E-state index is 12.9. The van der Waals surface area contributed by atoms with Crippen LogP contribution in [0.15, 0.2) is 64.0 Å². The van der Waals surface area contributed by atoms with Gasteiger partial charge in [-0.1, -0.05) is 17.4 Å². The summed E-state index contributed by atoms with van der Waals surface area (Å²) in [7, 11) is 0. The second-order valence-electron chi connectivity index (χ2n) is 5.61. The molecule has 0 aliphatic rings. The first-order valence-corrected chi connectivity index (χ1v) is 8.81. The fraction of sp³-hybridized carbons (Fsp3) is 0.0526. The minimum Gasteiger partial charge on any atom is -0.463 e. The molecule has 0 aliphatic carbocycles. The molecule has 0 spiro atoms. The molecular weight excluding hydrogens is 366 g/mol. The number of carbonyl (C=O) groups is 2. The molecule has 0 atom stereocenters. The van der Waals surface area contributed by atoms with Crippen molar-refractivity contribution in [2.45, 2.75) is 6.92 Å². The first-order chi connectivity index (χ1) is 13.1. The highest BCUT2D eigenvalue weighted by molar-refractivity contribution is 7.18. The Morgan fingerprint density at radius 3 is 2.63 bits per heavy atom. The highest BCUT2D eigenvalue weighted by atomic mass is 32.1. The minimum atomic E-state index is -0.436. The Kier molecular flexibility index (Phi) is 4.39. The molecule has 0 aliphatic heterocycles. The Labute approximate surface area is 157 Å². The van der Waals surface area contributed by atoms with Gasteiger partial charge >= 0.3 is 0 Å². The quantitative estimate of drug-likeness (QED) is 0.522. The SMILES string of the molecule is Cc1ccoc1C(=O)Nc1nc(-c2ccco2)c(C(=O)c2ccccn2)s1. The molecule has 8 heteroatoms. The molecule has 0 saturated heterocycles. The number of hydrogen-bond donors (Lipinski definition) is 1. The lowest BCUT2D eigenvalue weighted by Crippen LogP contribution is -2.11. The average Bonchev–Trinajstić information content (AvgIpc) is 3.42. The van der Waals surface area contributed by atoms with Crippen molar-refractivity contribution in [2.24, 2.45) is 0 Å². The molecule has 1 amide bonds. The number of furan rings is 2. The monoisotopic (exact) mass is 379 g/mol. The molecule has 134 valence electrons. The van der Waals surface area contributed by atoms with Gasteiger partial charge in [0.1, 0.15) is 16.3 Å². The van der Waals surface area contributed by atoms with Gasteiger partial charge < -0.3 is 8.83 Å². The van der Waals surface area contributed by atoms with Crippen LogP contribution in [0.2, 0.25) is 0 Å². The van der Waals surface area contributed by atoms with Crippen LogP contribution in [0.3, 0.4) is 0 Å². The van der Waals surface area contributed by atoms with Crippen LogP contribution in [0.25, 0.3) is 11.5 Å². The molecule has 7 nitrogen and oxygen atoms in total.